The topological polar surface area (TPSA) is 66.5 Å². The van der Waals surface area contributed by atoms with Crippen molar-refractivity contribution in [1.29, 1.82) is 5.39 Å². The molecule has 0 aliphatic rings. The van der Waals surface area contributed by atoms with Gasteiger partial charge in [-0.05, 0) is 32.9 Å². The van der Waals surface area contributed by atoms with Gasteiger partial charge in [-0.1, -0.05) is 0 Å². The van der Waals surface area contributed by atoms with Gasteiger partial charge in [0.15, 0.2) is 4.98 Å². The standard InChI is InChI=1S/C11H13N3O2/c1-11(2,3)16-10(15)13-8-4-6-9(14-12)7-5-8/h4-7H,1-3H3/p+1. The maximum atomic E-state index is 11.4. The van der Waals surface area contributed by atoms with Gasteiger partial charge in [-0.2, -0.15) is 0 Å². The first-order valence-electron chi connectivity index (χ1n) is 4.86. The summed E-state index contributed by atoms with van der Waals surface area (Å²) in [6.07, 6.45) is -0.513. The van der Waals surface area contributed by atoms with Crippen molar-refractivity contribution in [2.24, 2.45) is 0 Å². The Morgan fingerprint density at radius 2 is 1.88 bits per heavy atom. The number of rotatable bonds is 1. The van der Waals surface area contributed by atoms with E-state index in [9.17, 15) is 4.79 Å². The van der Waals surface area contributed by atoms with E-state index in [1.807, 2.05) is 0 Å². The van der Waals surface area contributed by atoms with Crippen molar-refractivity contribution in [3.8, 4) is 0 Å². The van der Waals surface area contributed by atoms with Gasteiger partial charge in [0.2, 0.25) is 5.39 Å². The Labute approximate surface area is 94.0 Å². The van der Waals surface area contributed by atoms with Crippen LogP contribution in [0.1, 0.15) is 20.8 Å². The zero-order valence-electron chi connectivity index (χ0n) is 9.52. The number of hydrogen-bond acceptors (Lipinski definition) is 3. The zero-order valence-corrected chi connectivity index (χ0v) is 9.52. The van der Waals surface area contributed by atoms with Crippen LogP contribution in [0.3, 0.4) is 0 Å². The normalized spacial score (nSPS) is 10.4. The quantitative estimate of drug-likeness (QED) is 0.736. The Morgan fingerprint density at radius 3 is 2.31 bits per heavy atom. The number of amides is 1. The van der Waals surface area contributed by atoms with Crippen LogP contribution in [0.2, 0.25) is 0 Å². The van der Waals surface area contributed by atoms with Crippen molar-refractivity contribution in [3.05, 3.63) is 29.2 Å². The maximum absolute atomic E-state index is 11.4. The molecule has 1 aromatic rings. The Bertz CT molecular complexity index is 412. The van der Waals surface area contributed by atoms with Crippen molar-refractivity contribution in [2.45, 2.75) is 26.4 Å². The Kier molecular flexibility index (Phi) is 3.46. The van der Waals surface area contributed by atoms with Crippen LogP contribution in [0.25, 0.3) is 4.98 Å². The van der Waals surface area contributed by atoms with Crippen molar-refractivity contribution < 1.29 is 9.53 Å². The predicted molar refractivity (Wildman–Crippen MR) is 61.0 cm³/mol. The molecule has 0 unspecified atom stereocenters. The third-order valence-corrected chi connectivity index (χ3v) is 1.63. The van der Waals surface area contributed by atoms with Crippen LogP contribution in [0, 0.1) is 5.39 Å². The summed E-state index contributed by atoms with van der Waals surface area (Å²) in [4.78, 5) is 14.4. The van der Waals surface area contributed by atoms with E-state index in [1.165, 1.54) is 0 Å². The number of diazo groups is 1. The van der Waals surface area contributed by atoms with Crippen LogP contribution in [-0.2, 0) is 4.74 Å². The lowest BCUT2D eigenvalue weighted by Crippen LogP contribution is -2.27. The van der Waals surface area contributed by atoms with Crippen LogP contribution >= 0.6 is 0 Å². The number of anilines is 1. The SMILES string of the molecule is CC(C)(C)OC(=O)Nc1ccc([N+]#N)cc1. The molecule has 1 N–H and O–H groups in total. The molecule has 0 aliphatic heterocycles. The van der Waals surface area contributed by atoms with E-state index >= 15 is 0 Å². The minimum Gasteiger partial charge on any atom is -0.444 e. The summed E-state index contributed by atoms with van der Waals surface area (Å²) in [5, 5.41) is 11.0. The molecular weight excluding hydrogens is 206 g/mol. The number of carbonyl (C=O) groups is 1. The first-order chi connectivity index (χ1) is 7.40. The highest BCUT2D eigenvalue weighted by Gasteiger charge is 2.16. The van der Waals surface area contributed by atoms with Crippen LogP contribution in [-0.4, -0.2) is 11.7 Å². The molecule has 5 nitrogen and oxygen atoms in total. The zero-order chi connectivity index (χ0) is 12.2. The summed E-state index contributed by atoms with van der Waals surface area (Å²) < 4.78 is 5.08. The van der Waals surface area contributed by atoms with Crippen LogP contribution in [0.15, 0.2) is 24.3 Å². The number of carbonyl (C=O) groups excluding carboxylic acids is 1. The Morgan fingerprint density at radius 1 is 1.31 bits per heavy atom. The van der Waals surface area contributed by atoms with E-state index in [4.69, 9.17) is 10.1 Å². The fourth-order valence-electron chi connectivity index (χ4n) is 1.03. The molecule has 0 heterocycles. The molecule has 1 amide bonds. The summed E-state index contributed by atoms with van der Waals surface area (Å²) in [5.41, 5.74) is 0.487. The van der Waals surface area contributed by atoms with Gasteiger partial charge in [-0.3, -0.25) is 5.32 Å². The lowest BCUT2D eigenvalue weighted by molar-refractivity contribution is 0.0636. The van der Waals surface area contributed by atoms with Gasteiger partial charge in [-0.25, -0.2) is 4.79 Å². The van der Waals surface area contributed by atoms with E-state index in [2.05, 4.69) is 10.3 Å². The molecule has 1 aromatic carbocycles. The molecule has 0 bridgehead atoms. The fourth-order valence-corrected chi connectivity index (χ4v) is 1.03. The van der Waals surface area contributed by atoms with E-state index in [0.717, 1.165) is 0 Å². The van der Waals surface area contributed by atoms with Crippen molar-refractivity contribution in [2.75, 3.05) is 5.32 Å². The summed E-state index contributed by atoms with van der Waals surface area (Å²) in [5.74, 6) is 0. The van der Waals surface area contributed by atoms with Gasteiger partial charge < -0.3 is 4.74 Å². The van der Waals surface area contributed by atoms with Gasteiger partial charge in [0.05, 0.1) is 0 Å². The molecular formula is C11H14N3O2+. The lowest BCUT2D eigenvalue weighted by atomic mass is 10.2. The summed E-state index contributed by atoms with van der Waals surface area (Å²) >= 11 is 0. The van der Waals surface area contributed by atoms with Gasteiger partial charge in [0.25, 0.3) is 0 Å². The van der Waals surface area contributed by atoms with Crippen LogP contribution in [0.5, 0.6) is 0 Å². The smallest absolute Gasteiger partial charge is 0.412 e. The second kappa shape index (κ2) is 4.62. The van der Waals surface area contributed by atoms with E-state index in [0.29, 0.717) is 11.4 Å². The summed E-state index contributed by atoms with van der Waals surface area (Å²) in [7, 11) is 0. The number of ether oxygens (including phenoxy) is 1. The van der Waals surface area contributed by atoms with E-state index < -0.39 is 11.7 Å². The molecule has 1 rings (SSSR count). The van der Waals surface area contributed by atoms with Crippen molar-refractivity contribution in [1.82, 2.24) is 0 Å². The minimum absolute atomic E-state index is 0.426. The van der Waals surface area contributed by atoms with E-state index in [-0.39, 0.29) is 0 Å². The third kappa shape index (κ3) is 3.96. The molecule has 0 radical (unpaired) electrons. The van der Waals surface area contributed by atoms with Gasteiger partial charge >= 0.3 is 11.8 Å². The highest BCUT2D eigenvalue weighted by molar-refractivity contribution is 5.85. The first kappa shape index (κ1) is 12.0. The van der Waals surface area contributed by atoms with Gasteiger partial charge in [0.1, 0.15) is 5.60 Å². The second-order valence-corrected chi connectivity index (χ2v) is 4.27. The second-order valence-electron chi connectivity index (χ2n) is 4.27. The number of nitrogens with one attached hydrogen (secondary N) is 1. The van der Waals surface area contributed by atoms with Gasteiger partial charge in [-0.15, -0.1) is 0 Å². The minimum atomic E-state index is -0.523. The van der Waals surface area contributed by atoms with Crippen molar-refractivity contribution >= 4 is 17.5 Å². The molecule has 0 aromatic heterocycles. The molecule has 0 fully saturated rings. The van der Waals surface area contributed by atoms with E-state index in [1.54, 1.807) is 45.0 Å². The van der Waals surface area contributed by atoms with Gasteiger partial charge in [0, 0.05) is 17.8 Å². The Balaban J connectivity index is 2.61. The lowest BCUT2D eigenvalue weighted by Gasteiger charge is -2.19. The monoisotopic (exact) mass is 220 g/mol. The molecule has 16 heavy (non-hydrogen) atoms. The van der Waals surface area contributed by atoms with Crippen LogP contribution in [0.4, 0.5) is 16.2 Å². The average molecular weight is 220 g/mol. The number of benzene rings is 1. The molecule has 0 saturated heterocycles. The highest BCUT2D eigenvalue weighted by atomic mass is 16.6. The van der Waals surface area contributed by atoms with Crippen molar-refractivity contribution in [3.63, 3.8) is 0 Å². The molecule has 0 atom stereocenters. The fraction of sp³-hybridized carbons (Fsp3) is 0.364. The number of hydrogen-bond donors (Lipinski definition) is 1. The first-order valence-corrected chi connectivity index (χ1v) is 4.86. The molecule has 84 valence electrons. The average Bonchev–Trinajstić information content (AvgIpc) is 2.16. The summed E-state index contributed by atoms with van der Waals surface area (Å²) in [6, 6.07) is 6.40. The summed E-state index contributed by atoms with van der Waals surface area (Å²) in [6.45, 7) is 5.38. The Hall–Kier alpha value is -2.09. The molecule has 0 aliphatic carbocycles. The molecule has 0 saturated carbocycles. The number of nitrogens with zero attached hydrogens (tertiary/aromatic N) is 2. The predicted octanol–water partition coefficient (Wildman–Crippen LogP) is 3.52. The molecule has 0 spiro atoms. The largest absolute Gasteiger partial charge is 0.444 e. The molecule has 5 heteroatoms. The highest BCUT2D eigenvalue weighted by Crippen LogP contribution is 2.17. The maximum Gasteiger partial charge on any atom is 0.412 e. The van der Waals surface area contributed by atoms with Crippen LogP contribution < -0.4 is 5.32 Å². The third-order valence-electron chi connectivity index (χ3n) is 1.63.